The molecule has 0 amide bonds. The molecule has 2 aromatic rings. The normalized spacial score (nSPS) is 23.4. The summed E-state index contributed by atoms with van der Waals surface area (Å²) in [5.41, 5.74) is 1.12. The lowest BCUT2D eigenvalue weighted by Crippen LogP contribution is -2.49. The van der Waals surface area contributed by atoms with Gasteiger partial charge in [-0.15, -0.1) is 0 Å². The van der Waals surface area contributed by atoms with Crippen LogP contribution in [0.4, 0.5) is 0 Å². The first kappa shape index (κ1) is 13.1. The highest BCUT2D eigenvalue weighted by molar-refractivity contribution is 5.79. The van der Waals surface area contributed by atoms with Crippen molar-refractivity contribution in [3.05, 3.63) is 36.3 Å². The van der Waals surface area contributed by atoms with Gasteiger partial charge in [0.15, 0.2) is 0 Å². The van der Waals surface area contributed by atoms with E-state index in [9.17, 15) is 9.90 Å². The molecule has 0 bridgehead atoms. The number of hydrogen-bond acceptors (Lipinski definition) is 3. The van der Waals surface area contributed by atoms with Gasteiger partial charge in [0.1, 0.15) is 11.2 Å². The van der Waals surface area contributed by atoms with Crippen LogP contribution in [0.2, 0.25) is 0 Å². The first-order valence-corrected chi connectivity index (χ1v) is 7.07. The van der Waals surface area contributed by atoms with Crippen LogP contribution in [0.3, 0.4) is 0 Å². The van der Waals surface area contributed by atoms with Gasteiger partial charge in [-0.2, -0.15) is 0 Å². The molecule has 0 spiro atoms. The maximum absolute atomic E-state index is 11.7. The molecule has 3 rings (SSSR count). The first-order chi connectivity index (χ1) is 9.65. The predicted molar refractivity (Wildman–Crippen MR) is 75.5 cm³/mol. The molecule has 1 N–H and O–H groups in total. The largest absolute Gasteiger partial charge is 0.480 e. The molecule has 106 valence electrons. The highest BCUT2D eigenvalue weighted by Crippen LogP contribution is 2.33. The number of pyridine rings is 1. The molecule has 0 aliphatic carbocycles. The summed E-state index contributed by atoms with van der Waals surface area (Å²) >= 11 is 0. The number of nitrogens with zero attached hydrogens (tertiary/aromatic N) is 3. The minimum Gasteiger partial charge on any atom is -0.480 e. The topological polar surface area (TPSA) is 57.8 Å². The number of carboxylic acid groups (broad SMARTS) is 1. The molecule has 1 unspecified atom stereocenters. The fraction of sp³-hybridized carbons (Fsp3) is 0.467. The van der Waals surface area contributed by atoms with E-state index in [0.29, 0.717) is 13.0 Å². The SMILES string of the molecule is CCC1(C(=O)O)CCCN1Cc1cn2ccccc2n1. The molecule has 0 saturated carbocycles. The molecule has 5 nitrogen and oxygen atoms in total. The van der Waals surface area contributed by atoms with Crippen molar-refractivity contribution in [2.45, 2.75) is 38.3 Å². The fourth-order valence-electron chi connectivity index (χ4n) is 3.22. The summed E-state index contributed by atoms with van der Waals surface area (Å²) in [7, 11) is 0. The first-order valence-electron chi connectivity index (χ1n) is 7.07. The van der Waals surface area contributed by atoms with E-state index < -0.39 is 11.5 Å². The Morgan fingerprint density at radius 3 is 3.05 bits per heavy atom. The molecule has 5 heteroatoms. The monoisotopic (exact) mass is 273 g/mol. The van der Waals surface area contributed by atoms with Crippen molar-refractivity contribution in [3.63, 3.8) is 0 Å². The zero-order valence-corrected chi connectivity index (χ0v) is 11.6. The minimum atomic E-state index is -0.712. The number of carboxylic acids is 1. The standard InChI is InChI=1S/C15H19N3O2/c1-2-15(14(19)20)7-5-9-18(15)11-12-10-17-8-4-3-6-13(17)16-12/h3-4,6,8,10H,2,5,7,9,11H2,1H3,(H,19,20). The molecule has 2 aromatic heterocycles. The van der Waals surface area contributed by atoms with Crippen LogP contribution in [0.15, 0.2) is 30.6 Å². The van der Waals surface area contributed by atoms with Crippen LogP contribution < -0.4 is 0 Å². The van der Waals surface area contributed by atoms with E-state index in [1.54, 1.807) is 0 Å². The molecular weight excluding hydrogens is 254 g/mol. The summed E-state index contributed by atoms with van der Waals surface area (Å²) in [6.07, 6.45) is 6.24. The number of fused-ring (bicyclic) bond motifs is 1. The Labute approximate surface area is 117 Å². The van der Waals surface area contributed by atoms with E-state index in [0.717, 1.165) is 30.7 Å². The van der Waals surface area contributed by atoms with Crippen molar-refractivity contribution in [1.29, 1.82) is 0 Å². The van der Waals surface area contributed by atoms with Gasteiger partial charge in [0.05, 0.1) is 5.69 Å². The van der Waals surface area contributed by atoms with E-state index in [4.69, 9.17) is 0 Å². The number of hydrogen-bond donors (Lipinski definition) is 1. The second-order valence-corrected chi connectivity index (χ2v) is 5.41. The van der Waals surface area contributed by atoms with Crippen LogP contribution in [0.5, 0.6) is 0 Å². The van der Waals surface area contributed by atoms with Gasteiger partial charge in [0, 0.05) is 18.9 Å². The second kappa shape index (κ2) is 4.90. The molecule has 1 aliphatic heterocycles. The van der Waals surface area contributed by atoms with Gasteiger partial charge in [0.2, 0.25) is 0 Å². The van der Waals surface area contributed by atoms with Gasteiger partial charge in [-0.25, -0.2) is 4.98 Å². The average Bonchev–Trinajstić information content (AvgIpc) is 3.02. The lowest BCUT2D eigenvalue weighted by Gasteiger charge is -2.33. The van der Waals surface area contributed by atoms with Crippen molar-refractivity contribution in [2.75, 3.05) is 6.54 Å². The highest BCUT2D eigenvalue weighted by atomic mass is 16.4. The molecule has 3 heterocycles. The van der Waals surface area contributed by atoms with Crippen LogP contribution in [-0.2, 0) is 11.3 Å². The summed E-state index contributed by atoms with van der Waals surface area (Å²) < 4.78 is 1.97. The van der Waals surface area contributed by atoms with Crippen LogP contribution in [-0.4, -0.2) is 37.4 Å². The van der Waals surface area contributed by atoms with Gasteiger partial charge in [-0.3, -0.25) is 9.69 Å². The second-order valence-electron chi connectivity index (χ2n) is 5.41. The van der Waals surface area contributed by atoms with Crippen molar-refractivity contribution in [2.24, 2.45) is 0 Å². The van der Waals surface area contributed by atoms with Crippen LogP contribution in [0.25, 0.3) is 5.65 Å². The van der Waals surface area contributed by atoms with Crippen molar-refractivity contribution >= 4 is 11.6 Å². The van der Waals surface area contributed by atoms with Gasteiger partial charge >= 0.3 is 5.97 Å². The number of likely N-dealkylation sites (tertiary alicyclic amines) is 1. The molecule has 1 saturated heterocycles. The van der Waals surface area contributed by atoms with Crippen molar-refractivity contribution < 1.29 is 9.90 Å². The van der Waals surface area contributed by atoms with Gasteiger partial charge in [-0.05, 0) is 37.9 Å². The maximum atomic E-state index is 11.7. The predicted octanol–water partition coefficient (Wildman–Crippen LogP) is 2.16. The molecular formula is C15H19N3O2. The zero-order chi connectivity index (χ0) is 14.2. The summed E-state index contributed by atoms with van der Waals surface area (Å²) in [4.78, 5) is 18.3. The van der Waals surface area contributed by atoms with E-state index in [-0.39, 0.29) is 0 Å². The Morgan fingerprint density at radius 2 is 2.35 bits per heavy atom. The Morgan fingerprint density at radius 1 is 1.50 bits per heavy atom. The summed E-state index contributed by atoms with van der Waals surface area (Å²) in [6, 6.07) is 5.87. The van der Waals surface area contributed by atoms with Crippen molar-refractivity contribution in [1.82, 2.24) is 14.3 Å². The van der Waals surface area contributed by atoms with E-state index in [1.807, 2.05) is 41.9 Å². The number of aromatic nitrogens is 2. The summed E-state index contributed by atoms with van der Waals surface area (Å²) in [5.74, 6) is -0.707. The summed E-state index contributed by atoms with van der Waals surface area (Å²) in [6.45, 7) is 3.38. The number of rotatable bonds is 4. The quantitative estimate of drug-likeness (QED) is 0.927. The number of carbonyl (C=O) groups is 1. The third kappa shape index (κ3) is 1.98. The number of imidazole rings is 1. The molecule has 0 aromatic carbocycles. The Bertz CT molecular complexity index is 604. The van der Waals surface area contributed by atoms with Gasteiger partial charge in [-0.1, -0.05) is 13.0 Å². The minimum absolute atomic E-state index is 0.599. The van der Waals surface area contributed by atoms with E-state index >= 15 is 0 Å². The molecule has 1 aliphatic rings. The van der Waals surface area contributed by atoms with E-state index in [1.165, 1.54) is 0 Å². The fourth-order valence-corrected chi connectivity index (χ4v) is 3.22. The number of aliphatic carboxylic acids is 1. The van der Waals surface area contributed by atoms with Crippen molar-refractivity contribution in [3.8, 4) is 0 Å². The molecule has 1 atom stereocenters. The van der Waals surface area contributed by atoms with Gasteiger partial charge in [0.25, 0.3) is 0 Å². The van der Waals surface area contributed by atoms with Crippen LogP contribution >= 0.6 is 0 Å². The third-order valence-corrected chi connectivity index (χ3v) is 4.37. The highest BCUT2D eigenvalue weighted by Gasteiger charge is 2.46. The van der Waals surface area contributed by atoms with Gasteiger partial charge < -0.3 is 9.51 Å². The lowest BCUT2D eigenvalue weighted by atomic mass is 9.93. The van der Waals surface area contributed by atoms with E-state index in [2.05, 4.69) is 9.88 Å². The average molecular weight is 273 g/mol. The smallest absolute Gasteiger partial charge is 0.324 e. The molecule has 20 heavy (non-hydrogen) atoms. The maximum Gasteiger partial charge on any atom is 0.324 e. The van der Waals surface area contributed by atoms with Crippen LogP contribution in [0.1, 0.15) is 31.9 Å². The molecule has 0 radical (unpaired) electrons. The molecule has 1 fully saturated rings. The van der Waals surface area contributed by atoms with Crippen LogP contribution in [0, 0.1) is 0 Å². The third-order valence-electron chi connectivity index (χ3n) is 4.37. The Hall–Kier alpha value is -1.88. The summed E-state index contributed by atoms with van der Waals surface area (Å²) in [5, 5.41) is 9.58. The lowest BCUT2D eigenvalue weighted by molar-refractivity contribution is -0.150. The zero-order valence-electron chi connectivity index (χ0n) is 11.6. The Balaban J connectivity index is 1.88. The Kier molecular flexibility index (Phi) is 3.22.